The van der Waals surface area contributed by atoms with Gasteiger partial charge in [-0.1, -0.05) is 20.8 Å². The zero-order valence-electron chi connectivity index (χ0n) is 12.7. The average Bonchev–Trinajstić information content (AvgIpc) is 2.52. The summed E-state index contributed by atoms with van der Waals surface area (Å²) in [5, 5.41) is 3.48. The van der Waals surface area contributed by atoms with Crippen LogP contribution in [0.1, 0.15) is 40.5 Å². The van der Waals surface area contributed by atoms with Crippen LogP contribution in [0.15, 0.2) is 0 Å². The van der Waals surface area contributed by atoms with Crippen LogP contribution in [0, 0.1) is 5.92 Å². The van der Waals surface area contributed by atoms with E-state index in [0.29, 0.717) is 5.92 Å². The predicted molar refractivity (Wildman–Crippen MR) is 75.3 cm³/mol. The fourth-order valence-corrected chi connectivity index (χ4v) is 2.78. The molecule has 0 aromatic rings. The van der Waals surface area contributed by atoms with E-state index in [1.165, 1.54) is 0 Å². The van der Waals surface area contributed by atoms with Crippen LogP contribution in [0.3, 0.4) is 0 Å². The Morgan fingerprint density at radius 1 is 1.33 bits per heavy atom. The molecule has 1 heterocycles. The summed E-state index contributed by atoms with van der Waals surface area (Å²) in [7, 11) is 4.11. The highest BCUT2D eigenvalue weighted by molar-refractivity contribution is 5.84. The maximum atomic E-state index is 12.4. The van der Waals surface area contributed by atoms with Crippen molar-refractivity contribution in [3.8, 4) is 0 Å². The Labute approximate surface area is 112 Å². The Bertz CT molecular complexity index is 278. The number of rotatable bonds is 6. The van der Waals surface area contributed by atoms with Gasteiger partial charge in [-0.25, -0.2) is 0 Å². The summed E-state index contributed by atoms with van der Waals surface area (Å²) < 4.78 is 0. The molecule has 4 heteroatoms. The SMILES string of the molecule is CCC1NC(CC(C)C)N(C(C)CN(C)C)C1=O. The quantitative estimate of drug-likeness (QED) is 0.781. The van der Waals surface area contributed by atoms with Crippen molar-refractivity contribution in [2.24, 2.45) is 5.92 Å². The summed E-state index contributed by atoms with van der Waals surface area (Å²) in [5.74, 6) is 0.873. The van der Waals surface area contributed by atoms with E-state index in [-0.39, 0.29) is 24.2 Å². The minimum Gasteiger partial charge on any atom is -0.322 e. The van der Waals surface area contributed by atoms with Gasteiger partial charge in [0.2, 0.25) is 5.91 Å². The van der Waals surface area contributed by atoms with E-state index in [2.05, 4.69) is 56.9 Å². The monoisotopic (exact) mass is 255 g/mol. The highest BCUT2D eigenvalue weighted by atomic mass is 16.2. The van der Waals surface area contributed by atoms with Gasteiger partial charge in [-0.05, 0) is 39.8 Å². The topological polar surface area (TPSA) is 35.6 Å². The molecule has 1 rings (SSSR count). The summed E-state index contributed by atoms with van der Waals surface area (Å²) >= 11 is 0. The van der Waals surface area contributed by atoms with Crippen molar-refractivity contribution in [3.05, 3.63) is 0 Å². The molecule has 0 aliphatic carbocycles. The third kappa shape index (κ3) is 3.69. The number of carbonyl (C=O) groups is 1. The number of hydrogen-bond donors (Lipinski definition) is 1. The van der Waals surface area contributed by atoms with Gasteiger partial charge in [0.15, 0.2) is 0 Å². The van der Waals surface area contributed by atoms with E-state index < -0.39 is 0 Å². The van der Waals surface area contributed by atoms with Crippen molar-refractivity contribution < 1.29 is 4.79 Å². The second-order valence-electron chi connectivity index (χ2n) is 6.13. The third-order valence-electron chi connectivity index (χ3n) is 3.49. The normalized spacial score (nSPS) is 26.4. The highest BCUT2D eigenvalue weighted by Crippen LogP contribution is 2.21. The number of likely N-dealkylation sites (N-methyl/N-ethyl adjacent to an activating group) is 1. The molecule has 3 atom stereocenters. The van der Waals surface area contributed by atoms with Gasteiger partial charge in [0.1, 0.15) is 0 Å². The van der Waals surface area contributed by atoms with Crippen molar-refractivity contribution in [1.82, 2.24) is 15.1 Å². The van der Waals surface area contributed by atoms with E-state index >= 15 is 0 Å². The summed E-state index contributed by atoms with van der Waals surface area (Å²) in [6, 6.07) is 0.277. The molecular formula is C14H29N3O. The number of nitrogens with zero attached hydrogens (tertiary/aromatic N) is 2. The number of nitrogens with one attached hydrogen (secondary N) is 1. The first-order valence-corrected chi connectivity index (χ1v) is 7.09. The van der Waals surface area contributed by atoms with Gasteiger partial charge in [-0.2, -0.15) is 0 Å². The van der Waals surface area contributed by atoms with Crippen LogP contribution in [0.2, 0.25) is 0 Å². The molecule has 18 heavy (non-hydrogen) atoms. The molecule has 1 aliphatic heterocycles. The van der Waals surface area contributed by atoms with E-state index in [9.17, 15) is 4.79 Å². The van der Waals surface area contributed by atoms with Gasteiger partial charge >= 0.3 is 0 Å². The Morgan fingerprint density at radius 2 is 1.94 bits per heavy atom. The first-order valence-electron chi connectivity index (χ1n) is 7.09. The second kappa shape index (κ2) is 6.53. The van der Waals surface area contributed by atoms with Crippen LogP contribution < -0.4 is 5.32 Å². The minimum absolute atomic E-state index is 0.0124. The van der Waals surface area contributed by atoms with Crippen LogP contribution in [-0.2, 0) is 4.79 Å². The van der Waals surface area contributed by atoms with E-state index in [1.54, 1.807) is 0 Å². The van der Waals surface area contributed by atoms with Crippen molar-refractivity contribution in [1.29, 1.82) is 0 Å². The Hall–Kier alpha value is -0.610. The van der Waals surface area contributed by atoms with Gasteiger partial charge in [0.05, 0.1) is 12.2 Å². The summed E-state index contributed by atoms with van der Waals surface area (Å²) in [4.78, 5) is 16.6. The van der Waals surface area contributed by atoms with Gasteiger partial charge in [-0.15, -0.1) is 0 Å². The third-order valence-corrected chi connectivity index (χ3v) is 3.49. The molecule has 1 aliphatic rings. The second-order valence-corrected chi connectivity index (χ2v) is 6.13. The van der Waals surface area contributed by atoms with Crippen molar-refractivity contribution in [2.45, 2.75) is 58.8 Å². The zero-order valence-corrected chi connectivity index (χ0v) is 12.7. The van der Waals surface area contributed by atoms with Crippen LogP contribution >= 0.6 is 0 Å². The molecule has 1 amide bonds. The predicted octanol–water partition coefficient (Wildman–Crippen LogP) is 1.52. The highest BCUT2D eigenvalue weighted by Gasteiger charge is 2.40. The average molecular weight is 255 g/mol. The summed E-state index contributed by atoms with van der Waals surface area (Å²) in [5.41, 5.74) is 0. The molecule has 0 aromatic carbocycles. The Kier molecular flexibility index (Phi) is 5.60. The van der Waals surface area contributed by atoms with Crippen LogP contribution in [0.5, 0.6) is 0 Å². The van der Waals surface area contributed by atoms with Gasteiger partial charge in [-0.3, -0.25) is 10.1 Å². The lowest BCUT2D eigenvalue weighted by atomic mass is 10.1. The largest absolute Gasteiger partial charge is 0.322 e. The van der Waals surface area contributed by atoms with E-state index in [1.807, 2.05) is 0 Å². The molecule has 0 spiro atoms. The molecule has 1 N–H and O–H groups in total. The molecule has 0 radical (unpaired) electrons. The molecular weight excluding hydrogens is 226 g/mol. The molecule has 1 fully saturated rings. The van der Waals surface area contributed by atoms with Crippen molar-refractivity contribution in [3.63, 3.8) is 0 Å². The number of carbonyl (C=O) groups excluding carboxylic acids is 1. The molecule has 0 aromatic heterocycles. The van der Waals surface area contributed by atoms with Gasteiger partial charge < -0.3 is 9.80 Å². The fourth-order valence-electron chi connectivity index (χ4n) is 2.78. The Balaban J connectivity index is 2.77. The standard InChI is InChI=1S/C14H29N3O/c1-7-12-14(18)17(11(4)9-16(5)6)13(15-12)8-10(2)3/h10-13,15H,7-9H2,1-6H3. The van der Waals surface area contributed by atoms with Crippen molar-refractivity contribution in [2.75, 3.05) is 20.6 Å². The smallest absolute Gasteiger partial charge is 0.241 e. The molecule has 4 nitrogen and oxygen atoms in total. The van der Waals surface area contributed by atoms with E-state index in [4.69, 9.17) is 0 Å². The minimum atomic E-state index is 0.0124. The van der Waals surface area contributed by atoms with Crippen molar-refractivity contribution >= 4 is 5.91 Å². The number of hydrogen-bond acceptors (Lipinski definition) is 3. The van der Waals surface area contributed by atoms with Crippen LogP contribution in [0.4, 0.5) is 0 Å². The first kappa shape index (κ1) is 15.4. The zero-order chi connectivity index (χ0) is 13.9. The lowest BCUT2D eigenvalue weighted by molar-refractivity contribution is -0.132. The molecule has 1 saturated heterocycles. The maximum absolute atomic E-state index is 12.4. The molecule has 0 saturated carbocycles. The maximum Gasteiger partial charge on any atom is 0.241 e. The molecule has 106 valence electrons. The first-order chi connectivity index (χ1) is 8.36. The number of amides is 1. The Morgan fingerprint density at radius 3 is 2.39 bits per heavy atom. The van der Waals surface area contributed by atoms with Gasteiger partial charge in [0, 0.05) is 12.6 Å². The van der Waals surface area contributed by atoms with E-state index in [0.717, 1.165) is 19.4 Å². The summed E-state index contributed by atoms with van der Waals surface area (Å²) in [6.07, 6.45) is 2.11. The fraction of sp³-hybridized carbons (Fsp3) is 0.929. The summed E-state index contributed by atoms with van der Waals surface area (Å²) in [6.45, 7) is 9.55. The van der Waals surface area contributed by atoms with Crippen LogP contribution in [-0.4, -0.2) is 54.6 Å². The van der Waals surface area contributed by atoms with Gasteiger partial charge in [0.25, 0.3) is 0 Å². The lowest BCUT2D eigenvalue weighted by Gasteiger charge is -2.32. The molecule has 0 bridgehead atoms. The lowest BCUT2D eigenvalue weighted by Crippen LogP contribution is -2.47. The van der Waals surface area contributed by atoms with Crippen LogP contribution in [0.25, 0.3) is 0 Å². The molecule has 3 unspecified atom stereocenters.